The first kappa shape index (κ1) is 8.05. The summed E-state index contributed by atoms with van der Waals surface area (Å²) < 4.78 is 0. The van der Waals surface area contributed by atoms with Crippen LogP contribution in [0.15, 0.2) is 18.3 Å². The molecule has 0 spiro atoms. The number of rotatable bonds is 0. The van der Waals surface area contributed by atoms with E-state index in [1.165, 1.54) is 0 Å². The van der Waals surface area contributed by atoms with E-state index in [2.05, 4.69) is 11.2 Å². The average molecular weight is 182 g/mol. The largest absolute Gasteiger partial charge is 3.00 e. The van der Waals surface area contributed by atoms with Crippen molar-refractivity contribution in [2.45, 2.75) is 0 Å². The molecule has 1 aromatic rings. The van der Waals surface area contributed by atoms with Crippen LogP contribution in [0.5, 0.6) is 0 Å². The van der Waals surface area contributed by atoms with Crippen molar-refractivity contribution >= 4 is 5.69 Å². The van der Waals surface area contributed by atoms with Gasteiger partial charge in [-0.1, -0.05) is 18.1 Å². The van der Waals surface area contributed by atoms with Crippen LogP contribution in [0.4, 0.5) is 5.69 Å². The quantitative estimate of drug-likeness (QED) is 0.592. The van der Waals surface area contributed by atoms with E-state index < -0.39 is 0 Å². The van der Waals surface area contributed by atoms with E-state index in [9.17, 15) is 0 Å². The molecule has 0 aliphatic rings. The number of anilines is 1. The van der Waals surface area contributed by atoms with Gasteiger partial charge in [-0.05, 0) is 0 Å². The minimum Gasteiger partial charge on any atom is -0.418 e. The standard InChI is InChI=1S/C5H5N2.Y/c6-5-2-1-3-7-4-5;/h1-2,4H,6H2;/q-1;+3. The third-order valence-corrected chi connectivity index (χ3v) is 0.638. The van der Waals surface area contributed by atoms with Crippen molar-refractivity contribution in [3.63, 3.8) is 0 Å². The van der Waals surface area contributed by atoms with Crippen LogP contribution < -0.4 is 5.73 Å². The van der Waals surface area contributed by atoms with Crippen LogP contribution in [0.3, 0.4) is 0 Å². The second-order valence-corrected chi connectivity index (χ2v) is 1.22. The molecule has 0 aliphatic heterocycles. The maximum Gasteiger partial charge on any atom is 3.00 e. The molecule has 2 nitrogen and oxygen atoms in total. The van der Waals surface area contributed by atoms with Gasteiger partial charge in [-0.15, -0.1) is 6.07 Å². The van der Waals surface area contributed by atoms with Crippen LogP contribution >= 0.6 is 0 Å². The molecule has 2 N–H and O–H groups in total. The van der Waals surface area contributed by atoms with E-state index in [0.717, 1.165) is 0 Å². The Labute approximate surface area is 73.4 Å². The van der Waals surface area contributed by atoms with E-state index >= 15 is 0 Å². The summed E-state index contributed by atoms with van der Waals surface area (Å²) in [7, 11) is 0. The van der Waals surface area contributed by atoms with E-state index in [0.29, 0.717) is 5.69 Å². The smallest absolute Gasteiger partial charge is 0.418 e. The summed E-state index contributed by atoms with van der Waals surface area (Å²) in [5, 5.41) is 0. The minimum absolute atomic E-state index is 0. The van der Waals surface area contributed by atoms with Crippen molar-refractivity contribution in [3.8, 4) is 0 Å². The predicted octanol–water partition coefficient (Wildman–Crippen LogP) is 0.461. The van der Waals surface area contributed by atoms with Crippen molar-refractivity contribution in [2.24, 2.45) is 0 Å². The molecule has 0 fully saturated rings. The SMILES string of the molecule is Nc1cc[c-]nc1.[Y+3]. The molecule has 8 heavy (non-hydrogen) atoms. The van der Waals surface area contributed by atoms with Gasteiger partial charge in [0.25, 0.3) is 0 Å². The summed E-state index contributed by atoms with van der Waals surface area (Å²) >= 11 is 0. The molecule has 0 amide bonds. The van der Waals surface area contributed by atoms with Crippen molar-refractivity contribution in [3.05, 3.63) is 24.5 Å². The fourth-order valence-electron chi connectivity index (χ4n) is 0.331. The first-order chi connectivity index (χ1) is 3.39. The predicted molar refractivity (Wildman–Crippen MR) is 27.5 cm³/mol. The third kappa shape index (κ3) is 2.38. The number of aromatic nitrogens is 1. The summed E-state index contributed by atoms with van der Waals surface area (Å²) in [4.78, 5) is 3.63. The molecule has 0 aromatic carbocycles. The maximum atomic E-state index is 5.28. The van der Waals surface area contributed by atoms with Crippen LogP contribution in [0, 0.1) is 6.20 Å². The van der Waals surface area contributed by atoms with Gasteiger partial charge in [0.2, 0.25) is 0 Å². The second kappa shape index (κ2) is 3.99. The van der Waals surface area contributed by atoms with Crippen LogP contribution in [0.25, 0.3) is 0 Å². The van der Waals surface area contributed by atoms with Gasteiger partial charge >= 0.3 is 32.7 Å². The van der Waals surface area contributed by atoms with Gasteiger partial charge in [0, 0.05) is 0 Å². The van der Waals surface area contributed by atoms with Gasteiger partial charge in [0.15, 0.2) is 0 Å². The van der Waals surface area contributed by atoms with Crippen molar-refractivity contribution < 1.29 is 32.7 Å². The van der Waals surface area contributed by atoms with Gasteiger partial charge in [0.1, 0.15) is 0 Å². The molecular formula is C5H5N2Y+2. The fraction of sp³-hybridized carbons (Fsp3) is 0. The molecule has 0 bridgehead atoms. The van der Waals surface area contributed by atoms with Crippen molar-refractivity contribution in [1.82, 2.24) is 4.98 Å². The zero-order valence-electron chi connectivity index (χ0n) is 4.33. The second-order valence-electron chi connectivity index (χ2n) is 1.22. The van der Waals surface area contributed by atoms with Crippen LogP contribution in [-0.4, -0.2) is 4.98 Å². The fourth-order valence-corrected chi connectivity index (χ4v) is 0.331. The van der Waals surface area contributed by atoms with Crippen molar-refractivity contribution in [1.29, 1.82) is 0 Å². The zero-order chi connectivity index (χ0) is 5.11. The Bertz CT molecular complexity index is 140. The molecule has 36 valence electrons. The molecule has 0 aliphatic carbocycles. The Morgan fingerprint density at radius 2 is 2.38 bits per heavy atom. The summed E-state index contributed by atoms with van der Waals surface area (Å²) in [6.07, 6.45) is 4.16. The summed E-state index contributed by atoms with van der Waals surface area (Å²) in [6.45, 7) is 0. The molecule has 0 unspecified atom stereocenters. The number of hydrogen-bond acceptors (Lipinski definition) is 2. The van der Waals surface area contributed by atoms with E-state index in [1.54, 1.807) is 18.3 Å². The number of nitrogens with zero attached hydrogens (tertiary/aromatic N) is 1. The molecule has 0 saturated carbocycles. The molecule has 1 aromatic heterocycles. The Hall–Kier alpha value is 0.0539. The number of hydrogen-bond donors (Lipinski definition) is 1. The number of nitrogens with two attached hydrogens (primary N) is 1. The Kier molecular flexibility index (Phi) is 4.01. The van der Waals surface area contributed by atoms with Crippen LogP contribution in [0.1, 0.15) is 0 Å². The van der Waals surface area contributed by atoms with Gasteiger partial charge in [-0.2, -0.15) is 6.07 Å². The van der Waals surface area contributed by atoms with E-state index in [1.807, 2.05) is 0 Å². The molecular weight excluding hydrogens is 177 g/mol. The van der Waals surface area contributed by atoms with E-state index in [4.69, 9.17) is 5.73 Å². The minimum atomic E-state index is 0. The maximum absolute atomic E-state index is 5.28. The topological polar surface area (TPSA) is 38.9 Å². The summed E-state index contributed by atoms with van der Waals surface area (Å²) in [5.74, 6) is 0. The molecule has 3 heteroatoms. The monoisotopic (exact) mass is 182 g/mol. The summed E-state index contributed by atoms with van der Waals surface area (Å²) in [5.41, 5.74) is 5.95. The molecule has 1 heterocycles. The van der Waals surface area contributed by atoms with Crippen molar-refractivity contribution in [2.75, 3.05) is 5.73 Å². The number of nitrogen functional groups attached to an aromatic ring is 1. The number of pyridine rings is 1. The van der Waals surface area contributed by atoms with Gasteiger partial charge in [-0.25, -0.2) is 0 Å². The summed E-state index contributed by atoms with van der Waals surface area (Å²) in [6, 6.07) is 3.42. The Morgan fingerprint density at radius 1 is 1.62 bits per heavy atom. The van der Waals surface area contributed by atoms with Gasteiger partial charge in [0.05, 0.1) is 0 Å². The molecule has 0 radical (unpaired) electrons. The van der Waals surface area contributed by atoms with Crippen LogP contribution in [0.2, 0.25) is 0 Å². The Balaban J connectivity index is 0.000000490. The third-order valence-electron chi connectivity index (χ3n) is 0.638. The molecule has 1 rings (SSSR count). The van der Waals surface area contributed by atoms with Gasteiger partial charge in [-0.3, -0.25) is 0 Å². The zero-order valence-corrected chi connectivity index (χ0v) is 7.17. The van der Waals surface area contributed by atoms with Crippen LogP contribution in [-0.2, 0) is 32.7 Å². The first-order valence-corrected chi connectivity index (χ1v) is 1.97. The Morgan fingerprint density at radius 3 is 2.62 bits per heavy atom. The van der Waals surface area contributed by atoms with E-state index in [-0.39, 0.29) is 32.7 Å². The molecule has 0 atom stereocenters. The normalized spacial score (nSPS) is 7.50. The first-order valence-electron chi connectivity index (χ1n) is 1.97. The van der Waals surface area contributed by atoms with Gasteiger partial charge < -0.3 is 10.7 Å². The average Bonchev–Trinajstić information content (AvgIpc) is 1.69. The molecule has 0 saturated heterocycles.